The summed E-state index contributed by atoms with van der Waals surface area (Å²) in [6.45, 7) is 2.50. The van der Waals surface area contributed by atoms with Crippen LogP contribution in [-0.4, -0.2) is 26.7 Å². The molecule has 0 radical (unpaired) electrons. The maximum atomic E-state index is 12.4. The minimum absolute atomic E-state index is 0.190. The Morgan fingerprint density at radius 2 is 1.52 bits per heavy atom. The first-order valence-electron chi connectivity index (χ1n) is 7.06. The molecule has 0 spiro atoms. The van der Waals surface area contributed by atoms with Gasteiger partial charge in [-0.25, -0.2) is 0 Å². The van der Waals surface area contributed by atoms with E-state index in [0.29, 0.717) is 6.07 Å². The molecular formula is C14H12N2O9S2. The number of nitro benzene ring substituents is 2. The molecule has 2 rings (SSSR count). The van der Waals surface area contributed by atoms with Gasteiger partial charge in [0.2, 0.25) is 0 Å². The van der Waals surface area contributed by atoms with Crippen molar-refractivity contribution in [2.45, 2.75) is 23.6 Å². The van der Waals surface area contributed by atoms with Crippen LogP contribution in [0.4, 0.5) is 11.4 Å². The molecule has 13 heteroatoms. The Bertz CT molecular complexity index is 1160. The molecule has 0 aromatic heterocycles. The second-order valence-corrected chi connectivity index (χ2v) is 8.67. The largest absolute Gasteiger partial charge is 0.312 e. The molecule has 0 saturated heterocycles. The van der Waals surface area contributed by atoms with Gasteiger partial charge in [0.1, 0.15) is 9.79 Å². The molecule has 0 fully saturated rings. The maximum Gasteiger partial charge on any atom is 0.312 e. The van der Waals surface area contributed by atoms with Crippen LogP contribution in [0.2, 0.25) is 0 Å². The first kappa shape index (κ1) is 20.4. The molecule has 0 saturated carbocycles. The Morgan fingerprint density at radius 3 is 2.07 bits per heavy atom. The Balaban J connectivity index is 2.54. The van der Waals surface area contributed by atoms with Crippen LogP contribution in [0.15, 0.2) is 46.2 Å². The number of hydrogen-bond acceptors (Lipinski definition) is 9. The highest BCUT2D eigenvalue weighted by Crippen LogP contribution is 2.29. The highest BCUT2D eigenvalue weighted by Gasteiger charge is 2.31. The molecule has 0 aliphatic heterocycles. The topological polar surface area (TPSA) is 164 Å². The minimum Gasteiger partial charge on any atom is -0.258 e. The number of non-ortho nitro benzene ring substituents is 1. The van der Waals surface area contributed by atoms with Gasteiger partial charge in [-0.15, -0.1) is 3.63 Å². The van der Waals surface area contributed by atoms with Crippen LogP contribution in [0.25, 0.3) is 0 Å². The summed E-state index contributed by atoms with van der Waals surface area (Å²) in [7, 11) is -9.92. The van der Waals surface area contributed by atoms with Gasteiger partial charge in [-0.05, 0) is 31.5 Å². The monoisotopic (exact) mass is 416 g/mol. The molecule has 0 aliphatic carbocycles. The summed E-state index contributed by atoms with van der Waals surface area (Å²) in [5.41, 5.74) is -1.23. The van der Waals surface area contributed by atoms with Crippen molar-refractivity contribution in [3.63, 3.8) is 0 Å². The summed E-state index contributed by atoms with van der Waals surface area (Å²) in [5, 5.41) is 21.8. The maximum absolute atomic E-state index is 12.4. The summed E-state index contributed by atoms with van der Waals surface area (Å²) in [6.07, 6.45) is 0. The second-order valence-electron chi connectivity index (χ2n) is 5.40. The van der Waals surface area contributed by atoms with Gasteiger partial charge in [0.15, 0.2) is 0 Å². The van der Waals surface area contributed by atoms with Crippen molar-refractivity contribution >= 4 is 31.6 Å². The smallest absolute Gasteiger partial charge is 0.258 e. The average Bonchev–Trinajstić information content (AvgIpc) is 2.52. The minimum atomic E-state index is -4.96. The van der Waals surface area contributed by atoms with Gasteiger partial charge in [0.25, 0.3) is 11.4 Å². The van der Waals surface area contributed by atoms with Crippen LogP contribution in [0.1, 0.15) is 11.1 Å². The van der Waals surface area contributed by atoms with Gasteiger partial charge < -0.3 is 0 Å². The third-order valence-electron chi connectivity index (χ3n) is 3.44. The van der Waals surface area contributed by atoms with Crippen molar-refractivity contribution in [2.75, 3.05) is 0 Å². The predicted molar refractivity (Wildman–Crippen MR) is 91.1 cm³/mol. The lowest BCUT2D eigenvalue weighted by Crippen LogP contribution is -2.16. The van der Waals surface area contributed by atoms with Gasteiger partial charge in [0.05, 0.1) is 9.85 Å². The first-order chi connectivity index (χ1) is 12.3. The fourth-order valence-corrected chi connectivity index (χ4v) is 5.11. The fourth-order valence-electron chi connectivity index (χ4n) is 2.24. The molecule has 0 aliphatic rings. The van der Waals surface area contributed by atoms with Crippen molar-refractivity contribution < 1.29 is 30.3 Å². The molecule has 144 valence electrons. The van der Waals surface area contributed by atoms with E-state index in [1.54, 1.807) is 0 Å². The van der Waals surface area contributed by atoms with Gasteiger partial charge in [-0.1, -0.05) is 6.07 Å². The van der Waals surface area contributed by atoms with E-state index in [-0.39, 0.29) is 11.1 Å². The van der Waals surface area contributed by atoms with Crippen molar-refractivity contribution in [1.29, 1.82) is 0 Å². The molecule has 0 amide bonds. The zero-order valence-corrected chi connectivity index (χ0v) is 15.5. The first-order valence-corrected chi connectivity index (χ1v) is 9.88. The van der Waals surface area contributed by atoms with Crippen LogP contribution >= 0.6 is 0 Å². The average molecular weight is 416 g/mol. The van der Waals surface area contributed by atoms with Gasteiger partial charge in [-0.3, -0.25) is 20.2 Å². The van der Waals surface area contributed by atoms with Crippen LogP contribution < -0.4 is 0 Å². The molecule has 0 unspecified atom stereocenters. The molecule has 0 bridgehead atoms. The quantitative estimate of drug-likeness (QED) is 0.507. The Hall–Kier alpha value is -2.90. The van der Waals surface area contributed by atoms with E-state index >= 15 is 0 Å². The zero-order chi connectivity index (χ0) is 20.6. The number of aryl methyl sites for hydroxylation is 1. The third kappa shape index (κ3) is 4.27. The fraction of sp³-hybridized carbons (Fsp3) is 0.143. The van der Waals surface area contributed by atoms with E-state index in [9.17, 15) is 37.1 Å². The molecule has 0 atom stereocenters. The summed E-state index contributed by atoms with van der Waals surface area (Å²) >= 11 is 0. The molecule has 2 aromatic rings. The molecule has 0 N–H and O–H groups in total. The number of nitro groups is 2. The summed E-state index contributed by atoms with van der Waals surface area (Å²) in [5.74, 6) is 0. The standard InChI is InChI=1S/C14H12N2O9S2/c1-9-6-11(15(17)18)8-12(7-9)26(21,22)25-27(23,24)14-5-3-4-13(10(14)2)16(19)20/h3-8H,1-2H3. The van der Waals surface area contributed by atoms with Crippen molar-refractivity contribution in [3.8, 4) is 0 Å². The summed E-state index contributed by atoms with van der Waals surface area (Å²) < 4.78 is 53.7. The van der Waals surface area contributed by atoms with E-state index < -0.39 is 51.2 Å². The second kappa shape index (κ2) is 7.02. The molecule has 2 aromatic carbocycles. The predicted octanol–water partition coefficient (Wildman–Crippen LogP) is 2.21. The molecular weight excluding hydrogens is 404 g/mol. The lowest BCUT2D eigenvalue weighted by molar-refractivity contribution is -0.385. The van der Waals surface area contributed by atoms with E-state index in [0.717, 1.165) is 37.3 Å². The zero-order valence-electron chi connectivity index (χ0n) is 13.8. The van der Waals surface area contributed by atoms with Gasteiger partial charge >= 0.3 is 20.2 Å². The number of benzene rings is 2. The van der Waals surface area contributed by atoms with Crippen molar-refractivity contribution in [2.24, 2.45) is 0 Å². The lowest BCUT2D eigenvalue weighted by Gasteiger charge is -2.09. The number of nitrogens with zero attached hydrogens (tertiary/aromatic N) is 2. The molecule has 0 heterocycles. The third-order valence-corrected chi connectivity index (χ3v) is 6.66. The summed E-state index contributed by atoms with van der Waals surface area (Å²) in [4.78, 5) is 18.7. The normalized spacial score (nSPS) is 11.9. The van der Waals surface area contributed by atoms with Crippen LogP contribution in [0.5, 0.6) is 0 Å². The van der Waals surface area contributed by atoms with E-state index in [4.69, 9.17) is 0 Å². The van der Waals surface area contributed by atoms with E-state index in [1.165, 1.54) is 6.92 Å². The Morgan fingerprint density at radius 1 is 0.889 bits per heavy atom. The SMILES string of the molecule is Cc1cc([N+](=O)[O-])cc(S(=O)(=O)OS(=O)(=O)c2cccc([N+](=O)[O-])c2C)c1. The van der Waals surface area contributed by atoms with Crippen molar-refractivity contribution in [3.05, 3.63) is 67.8 Å². The number of hydrogen-bond donors (Lipinski definition) is 0. The highest BCUT2D eigenvalue weighted by molar-refractivity contribution is 8.00. The van der Waals surface area contributed by atoms with Crippen LogP contribution in [0, 0.1) is 34.1 Å². The van der Waals surface area contributed by atoms with E-state index in [2.05, 4.69) is 3.63 Å². The Kier molecular flexibility index (Phi) is 5.30. The highest BCUT2D eigenvalue weighted by atomic mass is 32.3. The number of rotatable bonds is 6. The van der Waals surface area contributed by atoms with Crippen molar-refractivity contribution in [1.82, 2.24) is 0 Å². The van der Waals surface area contributed by atoms with Gasteiger partial charge in [0, 0.05) is 23.8 Å². The van der Waals surface area contributed by atoms with E-state index in [1.807, 2.05) is 0 Å². The lowest BCUT2D eigenvalue weighted by atomic mass is 10.2. The Labute approximate surface area is 153 Å². The van der Waals surface area contributed by atoms with Gasteiger partial charge in [-0.2, -0.15) is 16.8 Å². The molecule has 27 heavy (non-hydrogen) atoms. The summed E-state index contributed by atoms with van der Waals surface area (Å²) in [6, 6.07) is 5.80. The molecule has 11 nitrogen and oxygen atoms in total. The van der Waals surface area contributed by atoms with Crippen LogP contribution in [-0.2, 0) is 23.9 Å². The van der Waals surface area contributed by atoms with Crippen LogP contribution in [0.3, 0.4) is 0 Å².